The average Bonchev–Trinajstić information content (AvgIpc) is 2.94. The second-order valence-electron chi connectivity index (χ2n) is 5.18. The van der Waals surface area contributed by atoms with Crippen molar-refractivity contribution in [1.29, 1.82) is 10.5 Å². The molecule has 3 aromatic rings. The van der Waals surface area contributed by atoms with E-state index in [1.807, 2.05) is 66.7 Å². The lowest BCUT2D eigenvalue weighted by molar-refractivity contribution is 1.13. The van der Waals surface area contributed by atoms with Gasteiger partial charge in [-0.1, -0.05) is 42.5 Å². The zero-order valence-electron chi connectivity index (χ0n) is 12.4. The van der Waals surface area contributed by atoms with Crippen molar-refractivity contribution >= 4 is 11.4 Å². The number of nitrogens with zero attached hydrogens (tertiary/aromatic N) is 5. The number of benzene rings is 2. The highest BCUT2D eigenvalue weighted by molar-refractivity contribution is 6.23. The quantitative estimate of drug-likeness (QED) is 0.539. The third-order valence-corrected chi connectivity index (χ3v) is 3.77. The Kier molecular flexibility index (Phi) is 3.12. The number of aromatic nitrogens is 2. The summed E-state index contributed by atoms with van der Waals surface area (Å²) in [6.45, 7) is 0. The molecule has 5 nitrogen and oxygen atoms in total. The first-order valence-electron chi connectivity index (χ1n) is 7.28. The predicted octanol–water partition coefficient (Wildman–Crippen LogP) is 3.37. The van der Waals surface area contributed by atoms with Gasteiger partial charge in [0.15, 0.2) is 11.4 Å². The Balaban J connectivity index is 2.03. The Morgan fingerprint density at radius 1 is 0.708 bits per heavy atom. The van der Waals surface area contributed by atoms with Gasteiger partial charge in [0.05, 0.1) is 11.4 Å². The standard InChI is InChI=1S/C19H9N5/c20-10-15-16(11-21)24-19-17(22-12-6-2-1-3-7-12)13-8-4-5-9-14(13)18(19)23-15/h1-9H/b22-17+. The molecule has 110 valence electrons. The highest BCUT2D eigenvalue weighted by atomic mass is 14.9. The number of rotatable bonds is 1. The first-order valence-corrected chi connectivity index (χ1v) is 7.28. The summed E-state index contributed by atoms with van der Waals surface area (Å²) in [7, 11) is 0. The lowest BCUT2D eigenvalue weighted by Gasteiger charge is -2.02. The zero-order chi connectivity index (χ0) is 16.5. The van der Waals surface area contributed by atoms with Crippen LogP contribution in [-0.4, -0.2) is 15.7 Å². The van der Waals surface area contributed by atoms with Crippen molar-refractivity contribution < 1.29 is 0 Å². The highest BCUT2D eigenvalue weighted by Gasteiger charge is 2.29. The van der Waals surface area contributed by atoms with E-state index in [0.717, 1.165) is 16.8 Å². The first-order chi connectivity index (χ1) is 11.8. The molecule has 0 aliphatic heterocycles. The molecule has 0 unspecified atom stereocenters. The van der Waals surface area contributed by atoms with Crippen molar-refractivity contribution in [3.05, 3.63) is 77.2 Å². The third-order valence-electron chi connectivity index (χ3n) is 3.77. The minimum Gasteiger partial charge on any atom is -0.246 e. The summed E-state index contributed by atoms with van der Waals surface area (Å²) in [5.41, 5.74) is 4.41. The summed E-state index contributed by atoms with van der Waals surface area (Å²) in [6.07, 6.45) is 0. The number of hydrogen-bond acceptors (Lipinski definition) is 5. The molecule has 1 aliphatic rings. The monoisotopic (exact) mass is 307 g/mol. The van der Waals surface area contributed by atoms with Crippen molar-refractivity contribution in [1.82, 2.24) is 9.97 Å². The molecular formula is C19H9N5. The summed E-state index contributed by atoms with van der Waals surface area (Å²) < 4.78 is 0. The van der Waals surface area contributed by atoms with Crippen molar-refractivity contribution in [2.45, 2.75) is 0 Å². The fourth-order valence-electron chi connectivity index (χ4n) is 2.71. The van der Waals surface area contributed by atoms with Crippen LogP contribution in [-0.2, 0) is 0 Å². The predicted molar refractivity (Wildman–Crippen MR) is 88.6 cm³/mol. The molecule has 0 fully saturated rings. The van der Waals surface area contributed by atoms with Crippen LogP contribution in [0.5, 0.6) is 0 Å². The van der Waals surface area contributed by atoms with Crippen LogP contribution < -0.4 is 0 Å². The Morgan fingerprint density at radius 3 is 1.96 bits per heavy atom. The lowest BCUT2D eigenvalue weighted by atomic mass is 10.1. The summed E-state index contributed by atoms with van der Waals surface area (Å²) in [6, 6.07) is 21.1. The maximum absolute atomic E-state index is 9.23. The van der Waals surface area contributed by atoms with Crippen molar-refractivity contribution in [2.24, 2.45) is 4.99 Å². The van der Waals surface area contributed by atoms with Gasteiger partial charge in [-0.3, -0.25) is 0 Å². The molecule has 0 saturated carbocycles. The van der Waals surface area contributed by atoms with Gasteiger partial charge in [0.25, 0.3) is 0 Å². The van der Waals surface area contributed by atoms with E-state index >= 15 is 0 Å². The van der Waals surface area contributed by atoms with Gasteiger partial charge in [-0.25, -0.2) is 15.0 Å². The molecule has 1 aliphatic carbocycles. The molecule has 0 N–H and O–H groups in total. The molecule has 5 heteroatoms. The van der Waals surface area contributed by atoms with Crippen LogP contribution >= 0.6 is 0 Å². The van der Waals surface area contributed by atoms with Gasteiger partial charge in [-0.05, 0) is 12.1 Å². The summed E-state index contributed by atoms with van der Waals surface area (Å²) in [5, 5.41) is 18.4. The summed E-state index contributed by atoms with van der Waals surface area (Å²) in [4.78, 5) is 13.4. The molecule has 0 bridgehead atoms. The van der Waals surface area contributed by atoms with Crippen molar-refractivity contribution in [3.63, 3.8) is 0 Å². The molecule has 0 radical (unpaired) electrons. The number of aliphatic imine (C=N–C) groups is 1. The molecule has 0 atom stereocenters. The number of fused-ring (bicyclic) bond motifs is 3. The maximum atomic E-state index is 9.23. The Hall–Kier alpha value is -3.83. The van der Waals surface area contributed by atoms with Gasteiger partial charge in [0.1, 0.15) is 23.5 Å². The van der Waals surface area contributed by atoms with Crippen LogP contribution in [0.2, 0.25) is 0 Å². The van der Waals surface area contributed by atoms with Gasteiger partial charge in [-0.2, -0.15) is 10.5 Å². The Bertz CT molecular complexity index is 1070. The summed E-state index contributed by atoms with van der Waals surface area (Å²) in [5.74, 6) is 0. The molecule has 1 heterocycles. The average molecular weight is 307 g/mol. The van der Waals surface area contributed by atoms with Gasteiger partial charge in [-0.15, -0.1) is 0 Å². The van der Waals surface area contributed by atoms with Gasteiger partial charge >= 0.3 is 0 Å². The van der Waals surface area contributed by atoms with Crippen molar-refractivity contribution in [2.75, 3.05) is 0 Å². The second-order valence-corrected chi connectivity index (χ2v) is 5.18. The van der Waals surface area contributed by atoms with E-state index in [9.17, 15) is 10.5 Å². The Labute approximate surface area is 138 Å². The van der Waals surface area contributed by atoms with E-state index in [2.05, 4.69) is 9.97 Å². The number of nitriles is 2. The van der Waals surface area contributed by atoms with E-state index in [4.69, 9.17) is 4.99 Å². The minimum absolute atomic E-state index is 0.0183. The van der Waals surface area contributed by atoms with E-state index in [1.165, 1.54) is 0 Å². The molecule has 0 saturated heterocycles. The largest absolute Gasteiger partial charge is 0.246 e. The smallest absolute Gasteiger partial charge is 0.177 e. The van der Waals surface area contributed by atoms with Crippen LogP contribution in [0.4, 0.5) is 5.69 Å². The molecular weight excluding hydrogens is 298 g/mol. The van der Waals surface area contributed by atoms with Gasteiger partial charge in [0.2, 0.25) is 0 Å². The SMILES string of the molecule is N#Cc1nc2c(nc1C#N)-c1ccccc1/C2=N\c1ccccc1. The molecule has 1 aromatic heterocycles. The molecule has 0 amide bonds. The normalized spacial score (nSPS) is 13.0. The van der Waals surface area contributed by atoms with Crippen LogP contribution in [0.25, 0.3) is 11.3 Å². The fourth-order valence-corrected chi connectivity index (χ4v) is 2.71. The topological polar surface area (TPSA) is 85.7 Å². The van der Waals surface area contributed by atoms with E-state index in [0.29, 0.717) is 17.1 Å². The molecule has 4 rings (SSSR count). The first kappa shape index (κ1) is 13.8. The number of para-hydroxylation sites is 1. The molecule has 24 heavy (non-hydrogen) atoms. The second kappa shape index (κ2) is 5.42. The summed E-state index contributed by atoms with van der Waals surface area (Å²) >= 11 is 0. The maximum Gasteiger partial charge on any atom is 0.177 e. The van der Waals surface area contributed by atoms with Gasteiger partial charge < -0.3 is 0 Å². The Morgan fingerprint density at radius 2 is 1.29 bits per heavy atom. The van der Waals surface area contributed by atoms with Crippen LogP contribution in [0.15, 0.2) is 59.6 Å². The van der Waals surface area contributed by atoms with E-state index in [-0.39, 0.29) is 11.4 Å². The van der Waals surface area contributed by atoms with Crippen molar-refractivity contribution in [3.8, 4) is 23.4 Å². The minimum atomic E-state index is 0.0183. The lowest BCUT2D eigenvalue weighted by Crippen LogP contribution is -2.05. The zero-order valence-corrected chi connectivity index (χ0v) is 12.4. The van der Waals surface area contributed by atoms with E-state index in [1.54, 1.807) is 0 Å². The number of hydrogen-bond donors (Lipinski definition) is 0. The highest BCUT2D eigenvalue weighted by Crippen LogP contribution is 2.36. The van der Waals surface area contributed by atoms with Crippen LogP contribution in [0.1, 0.15) is 22.6 Å². The van der Waals surface area contributed by atoms with Gasteiger partial charge in [0, 0.05) is 11.1 Å². The molecule has 0 spiro atoms. The van der Waals surface area contributed by atoms with Crippen LogP contribution in [0.3, 0.4) is 0 Å². The van der Waals surface area contributed by atoms with Crippen LogP contribution in [0, 0.1) is 22.7 Å². The van der Waals surface area contributed by atoms with E-state index < -0.39 is 0 Å². The fraction of sp³-hybridized carbons (Fsp3) is 0. The third kappa shape index (κ3) is 2.05. The molecule has 2 aromatic carbocycles.